The molecule has 0 saturated heterocycles. The van der Waals surface area contributed by atoms with Gasteiger partial charge in [-0.05, 0) is 37.5 Å². The van der Waals surface area contributed by atoms with Gasteiger partial charge in [0.05, 0.1) is 22.8 Å². The highest BCUT2D eigenvalue weighted by molar-refractivity contribution is 7.07. The van der Waals surface area contributed by atoms with Gasteiger partial charge in [0.15, 0.2) is 5.71 Å². The van der Waals surface area contributed by atoms with E-state index in [0.29, 0.717) is 35.2 Å². The predicted molar refractivity (Wildman–Crippen MR) is 140 cm³/mol. The predicted octanol–water partition coefficient (Wildman–Crippen LogP) is 5.25. The van der Waals surface area contributed by atoms with Crippen molar-refractivity contribution in [2.75, 3.05) is 18.0 Å². The molecule has 0 bridgehead atoms. The lowest BCUT2D eigenvalue weighted by molar-refractivity contribution is -0.384. The SMILES string of the molecule is C=C(C)CN=c1scc(-c2ccc([N+](=O)[O-])cc2)n1N=C1C(=O)N(CCC(C)C)c2ccccc21. The van der Waals surface area contributed by atoms with E-state index in [1.54, 1.807) is 21.7 Å². The van der Waals surface area contributed by atoms with Gasteiger partial charge in [0.1, 0.15) is 0 Å². The zero-order valence-corrected chi connectivity index (χ0v) is 20.8. The van der Waals surface area contributed by atoms with E-state index in [2.05, 4.69) is 25.4 Å². The van der Waals surface area contributed by atoms with E-state index >= 15 is 0 Å². The van der Waals surface area contributed by atoms with E-state index in [1.165, 1.54) is 23.5 Å². The number of nitrogens with zero attached hydrogens (tertiary/aromatic N) is 5. The molecule has 4 rings (SSSR count). The molecule has 1 aliphatic heterocycles. The first-order valence-electron chi connectivity index (χ1n) is 11.4. The molecule has 0 N–H and O–H groups in total. The molecule has 0 unspecified atom stereocenters. The van der Waals surface area contributed by atoms with Crippen LogP contribution in [0.5, 0.6) is 0 Å². The molecule has 1 aromatic heterocycles. The van der Waals surface area contributed by atoms with Crippen LogP contribution in [0.2, 0.25) is 0 Å². The van der Waals surface area contributed by atoms with Crippen molar-refractivity contribution in [1.29, 1.82) is 0 Å². The quantitative estimate of drug-likeness (QED) is 0.246. The number of anilines is 1. The lowest BCUT2D eigenvalue weighted by Crippen LogP contribution is -2.32. The lowest BCUT2D eigenvalue weighted by atomic mass is 10.1. The van der Waals surface area contributed by atoms with Gasteiger partial charge < -0.3 is 4.90 Å². The molecule has 2 heterocycles. The number of benzene rings is 2. The van der Waals surface area contributed by atoms with Crippen molar-refractivity contribution < 1.29 is 9.72 Å². The normalized spacial score (nSPS) is 14.7. The summed E-state index contributed by atoms with van der Waals surface area (Å²) in [5.41, 5.74) is 4.33. The first-order valence-corrected chi connectivity index (χ1v) is 12.2. The van der Waals surface area contributed by atoms with Crippen molar-refractivity contribution in [2.24, 2.45) is 16.0 Å². The lowest BCUT2D eigenvalue weighted by Gasteiger charge is -2.17. The van der Waals surface area contributed by atoms with Gasteiger partial charge in [-0.3, -0.25) is 19.9 Å². The highest BCUT2D eigenvalue weighted by atomic mass is 32.1. The Balaban J connectivity index is 1.85. The van der Waals surface area contributed by atoms with Gasteiger partial charge in [-0.1, -0.05) is 44.2 Å². The third-order valence-corrected chi connectivity index (χ3v) is 6.43. The molecule has 8 nitrogen and oxygen atoms in total. The monoisotopic (exact) mass is 489 g/mol. The highest BCUT2D eigenvalue weighted by Crippen LogP contribution is 2.31. The molecule has 180 valence electrons. The summed E-state index contributed by atoms with van der Waals surface area (Å²) in [6.07, 6.45) is 0.881. The average molecular weight is 490 g/mol. The Morgan fingerprint density at radius 1 is 1.17 bits per heavy atom. The standard InChI is InChI=1S/C26H27N5O3S/c1-17(2)13-14-29-22-8-6-5-7-21(22)24(25(29)32)28-30-23(16-35-26(30)27-15-18(3)4)19-9-11-20(12-10-19)31(33)34/h5-12,16-17H,3,13-15H2,1-2,4H3. The fraction of sp³-hybridized carbons (Fsp3) is 0.269. The van der Waals surface area contributed by atoms with Gasteiger partial charge >= 0.3 is 0 Å². The summed E-state index contributed by atoms with van der Waals surface area (Å²) in [5.74, 6) is 0.314. The Morgan fingerprint density at radius 3 is 2.54 bits per heavy atom. The minimum atomic E-state index is -0.431. The van der Waals surface area contributed by atoms with Crippen molar-refractivity contribution in [2.45, 2.75) is 27.2 Å². The summed E-state index contributed by atoms with van der Waals surface area (Å²) in [5, 5.41) is 17.8. The Bertz CT molecular complexity index is 1380. The Hall–Kier alpha value is -3.85. The van der Waals surface area contributed by atoms with E-state index in [9.17, 15) is 14.9 Å². The number of carbonyl (C=O) groups excluding carboxylic acids is 1. The Kier molecular flexibility index (Phi) is 7.07. The summed E-state index contributed by atoms with van der Waals surface area (Å²) in [7, 11) is 0. The van der Waals surface area contributed by atoms with Gasteiger partial charge in [0.2, 0.25) is 4.80 Å². The van der Waals surface area contributed by atoms with Gasteiger partial charge in [-0.15, -0.1) is 11.3 Å². The molecule has 0 fully saturated rings. The molecule has 0 spiro atoms. The maximum absolute atomic E-state index is 13.5. The van der Waals surface area contributed by atoms with Crippen molar-refractivity contribution in [1.82, 2.24) is 4.68 Å². The minimum absolute atomic E-state index is 0.00901. The molecule has 1 aliphatic rings. The van der Waals surface area contributed by atoms with Crippen LogP contribution in [0.1, 0.15) is 32.8 Å². The maximum Gasteiger partial charge on any atom is 0.279 e. The second-order valence-electron chi connectivity index (χ2n) is 8.90. The largest absolute Gasteiger partial charge is 0.306 e. The molecule has 9 heteroatoms. The van der Waals surface area contributed by atoms with Crippen LogP contribution in [0.3, 0.4) is 0 Å². The van der Waals surface area contributed by atoms with Gasteiger partial charge in [0.25, 0.3) is 11.6 Å². The van der Waals surface area contributed by atoms with Crippen LogP contribution >= 0.6 is 11.3 Å². The second-order valence-corrected chi connectivity index (χ2v) is 9.73. The zero-order chi connectivity index (χ0) is 25.1. The summed E-state index contributed by atoms with van der Waals surface area (Å²) >= 11 is 1.39. The van der Waals surface area contributed by atoms with Crippen LogP contribution in [0.25, 0.3) is 11.3 Å². The van der Waals surface area contributed by atoms with Gasteiger partial charge in [0, 0.05) is 35.2 Å². The number of carbonyl (C=O) groups is 1. The summed E-state index contributed by atoms with van der Waals surface area (Å²) in [6, 6.07) is 13.9. The van der Waals surface area contributed by atoms with Gasteiger partial charge in [-0.2, -0.15) is 5.10 Å². The van der Waals surface area contributed by atoms with Crippen LogP contribution in [-0.4, -0.2) is 34.3 Å². The smallest absolute Gasteiger partial charge is 0.279 e. The van der Waals surface area contributed by atoms with Crippen molar-refractivity contribution in [3.63, 3.8) is 0 Å². The molecule has 0 radical (unpaired) electrons. The number of hydrogen-bond acceptors (Lipinski definition) is 6. The topological polar surface area (TPSA) is 93.1 Å². The minimum Gasteiger partial charge on any atom is -0.306 e. The Labute approximate surface area is 207 Å². The number of amides is 1. The Morgan fingerprint density at radius 2 is 1.89 bits per heavy atom. The molecular weight excluding hydrogens is 462 g/mol. The third kappa shape index (κ3) is 5.14. The average Bonchev–Trinajstić information content (AvgIpc) is 3.35. The van der Waals surface area contributed by atoms with Crippen LogP contribution < -0.4 is 9.70 Å². The first-order chi connectivity index (χ1) is 16.8. The number of aromatic nitrogens is 1. The zero-order valence-electron chi connectivity index (χ0n) is 20.0. The van der Waals surface area contributed by atoms with Crippen LogP contribution in [0, 0.1) is 16.0 Å². The summed E-state index contributed by atoms with van der Waals surface area (Å²) in [4.78, 5) is 31.2. The maximum atomic E-state index is 13.5. The second kappa shape index (κ2) is 10.2. The van der Waals surface area contributed by atoms with Crippen LogP contribution in [0.4, 0.5) is 11.4 Å². The molecule has 0 saturated carbocycles. The van der Waals surface area contributed by atoms with E-state index in [-0.39, 0.29) is 11.6 Å². The van der Waals surface area contributed by atoms with Crippen molar-refractivity contribution >= 4 is 34.3 Å². The number of rotatable bonds is 8. The number of para-hydroxylation sites is 1. The fourth-order valence-corrected chi connectivity index (χ4v) is 4.56. The molecular formula is C26H27N5O3S. The third-order valence-electron chi connectivity index (χ3n) is 5.57. The molecule has 35 heavy (non-hydrogen) atoms. The molecule has 0 aliphatic carbocycles. The fourth-order valence-electron chi connectivity index (χ4n) is 3.73. The molecule has 3 aromatic rings. The molecule has 0 atom stereocenters. The van der Waals surface area contributed by atoms with Gasteiger partial charge in [-0.25, -0.2) is 4.68 Å². The summed E-state index contributed by atoms with van der Waals surface area (Å²) in [6.45, 7) is 11.1. The summed E-state index contributed by atoms with van der Waals surface area (Å²) < 4.78 is 1.66. The number of thiazole rings is 1. The number of nitro groups is 1. The number of non-ortho nitro benzene ring substituents is 1. The molecule has 1 amide bonds. The van der Waals surface area contributed by atoms with Crippen molar-refractivity contribution in [3.05, 3.63) is 86.5 Å². The number of fused-ring (bicyclic) bond motifs is 1. The van der Waals surface area contributed by atoms with E-state index in [4.69, 9.17) is 5.10 Å². The number of hydrogen-bond donors (Lipinski definition) is 0. The first kappa shape index (κ1) is 24.3. The number of nitro benzene ring substituents is 1. The highest BCUT2D eigenvalue weighted by Gasteiger charge is 2.34. The van der Waals surface area contributed by atoms with Crippen molar-refractivity contribution in [3.8, 4) is 11.3 Å². The van der Waals surface area contributed by atoms with E-state index in [1.807, 2.05) is 36.6 Å². The van der Waals surface area contributed by atoms with E-state index < -0.39 is 4.92 Å². The van der Waals surface area contributed by atoms with E-state index in [0.717, 1.165) is 28.8 Å². The molecule has 2 aromatic carbocycles. The van der Waals surface area contributed by atoms with Crippen LogP contribution in [0.15, 0.2) is 76.2 Å². The van der Waals surface area contributed by atoms with Crippen LogP contribution in [-0.2, 0) is 4.79 Å².